The van der Waals surface area contributed by atoms with Crippen molar-refractivity contribution in [1.82, 2.24) is 10.3 Å². The average molecular weight is 346 g/mol. The van der Waals surface area contributed by atoms with Gasteiger partial charge in [0.05, 0.1) is 0 Å². The molecule has 1 fully saturated rings. The zero-order valence-electron chi connectivity index (χ0n) is 12.4. The predicted octanol–water partition coefficient (Wildman–Crippen LogP) is 3.45. The second-order valence-corrected chi connectivity index (χ2v) is 5.30. The van der Waals surface area contributed by atoms with Gasteiger partial charge >= 0.3 is 0 Å². The van der Waals surface area contributed by atoms with Crippen molar-refractivity contribution in [2.24, 2.45) is 0 Å². The number of aromatic nitrogens is 1. The van der Waals surface area contributed by atoms with Gasteiger partial charge in [0.25, 0.3) is 0 Å². The predicted molar refractivity (Wildman–Crippen MR) is 92.1 cm³/mol. The molecule has 1 saturated heterocycles. The summed E-state index contributed by atoms with van der Waals surface area (Å²) in [5, 5.41) is 6.32. The van der Waals surface area contributed by atoms with Crippen molar-refractivity contribution < 1.29 is 9.21 Å². The van der Waals surface area contributed by atoms with Crippen LogP contribution in [0.3, 0.4) is 0 Å². The number of hydrogen-bond acceptors (Lipinski definition) is 4. The van der Waals surface area contributed by atoms with Crippen LogP contribution < -0.4 is 10.6 Å². The Bertz CT molecular complexity index is 624. The molecule has 1 atom stereocenters. The van der Waals surface area contributed by atoms with Crippen LogP contribution in [0.1, 0.15) is 31.6 Å². The van der Waals surface area contributed by atoms with Crippen LogP contribution in [0.15, 0.2) is 22.6 Å². The SMILES string of the molecule is Cc1nc2cc(NC(=O)CCC3CCCN3)ccc2o1.Cl.Cl. The Morgan fingerprint density at radius 3 is 3.00 bits per heavy atom. The third kappa shape index (κ3) is 4.60. The molecule has 1 amide bonds. The minimum absolute atomic E-state index is 0. The first-order valence-electron chi connectivity index (χ1n) is 7.11. The largest absolute Gasteiger partial charge is 0.441 e. The fraction of sp³-hybridized carbons (Fsp3) is 0.467. The number of hydrogen-bond donors (Lipinski definition) is 2. The zero-order valence-corrected chi connectivity index (χ0v) is 14.1. The van der Waals surface area contributed by atoms with Crippen molar-refractivity contribution in [2.45, 2.75) is 38.6 Å². The van der Waals surface area contributed by atoms with Crippen LogP contribution in [0.25, 0.3) is 11.1 Å². The van der Waals surface area contributed by atoms with E-state index in [2.05, 4.69) is 15.6 Å². The monoisotopic (exact) mass is 345 g/mol. The average Bonchev–Trinajstić information content (AvgIpc) is 3.04. The summed E-state index contributed by atoms with van der Waals surface area (Å²) in [5.74, 6) is 0.689. The molecule has 5 nitrogen and oxygen atoms in total. The van der Waals surface area contributed by atoms with Gasteiger partial charge in [0.2, 0.25) is 5.91 Å². The van der Waals surface area contributed by atoms with Crippen LogP contribution in [0.2, 0.25) is 0 Å². The number of benzene rings is 1. The molecule has 3 rings (SSSR count). The van der Waals surface area contributed by atoms with Crippen molar-refractivity contribution in [3.8, 4) is 0 Å². The Kier molecular flexibility index (Phi) is 7.13. The summed E-state index contributed by atoms with van der Waals surface area (Å²) in [5.41, 5.74) is 2.29. The number of carbonyl (C=O) groups excluding carboxylic acids is 1. The first-order valence-corrected chi connectivity index (χ1v) is 7.11. The Labute approximate surface area is 142 Å². The van der Waals surface area contributed by atoms with E-state index in [1.807, 2.05) is 25.1 Å². The summed E-state index contributed by atoms with van der Waals surface area (Å²) in [7, 11) is 0. The van der Waals surface area contributed by atoms with E-state index in [0.29, 0.717) is 18.4 Å². The highest BCUT2D eigenvalue weighted by Gasteiger charge is 2.15. The fourth-order valence-electron chi connectivity index (χ4n) is 2.65. The van der Waals surface area contributed by atoms with Crippen molar-refractivity contribution in [2.75, 3.05) is 11.9 Å². The van der Waals surface area contributed by atoms with Gasteiger partial charge in [0.1, 0.15) is 5.52 Å². The maximum Gasteiger partial charge on any atom is 0.224 e. The van der Waals surface area contributed by atoms with Gasteiger partial charge in [-0.1, -0.05) is 0 Å². The Morgan fingerprint density at radius 2 is 2.27 bits per heavy atom. The van der Waals surface area contributed by atoms with Gasteiger partial charge in [-0.05, 0) is 44.0 Å². The van der Waals surface area contributed by atoms with E-state index in [-0.39, 0.29) is 30.7 Å². The van der Waals surface area contributed by atoms with E-state index in [0.717, 1.165) is 29.8 Å². The highest BCUT2D eigenvalue weighted by Crippen LogP contribution is 2.20. The highest BCUT2D eigenvalue weighted by atomic mass is 35.5. The lowest BCUT2D eigenvalue weighted by Crippen LogP contribution is -2.23. The molecule has 1 aromatic carbocycles. The molecule has 2 N–H and O–H groups in total. The molecule has 122 valence electrons. The second kappa shape index (κ2) is 8.36. The molecule has 0 bridgehead atoms. The molecule has 2 heterocycles. The number of anilines is 1. The molecule has 0 saturated carbocycles. The zero-order chi connectivity index (χ0) is 13.9. The molecule has 0 aliphatic carbocycles. The summed E-state index contributed by atoms with van der Waals surface area (Å²) in [6.45, 7) is 2.89. The van der Waals surface area contributed by atoms with Crippen LogP contribution in [0, 0.1) is 6.92 Å². The summed E-state index contributed by atoms with van der Waals surface area (Å²) in [4.78, 5) is 16.2. The van der Waals surface area contributed by atoms with Crippen LogP contribution in [0.4, 0.5) is 5.69 Å². The number of nitrogens with one attached hydrogen (secondary N) is 2. The first kappa shape index (κ1) is 18.7. The van der Waals surface area contributed by atoms with Crippen LogP contribution >= 0.6 is 24.8 Å². The van der Waals surface area contributed by atoms with E-state index in [9.17, 15) is 4.79 Å². The molecule has 22 heavy (non-hydrogen) atoms. The van der Waals surface area contributed by atoms with Crippen molar-refractivity contribution >= 4 is 47.5 Å². The number of oxazole rings is 1. The number of carbonyl (C=O) groups is 1. The quantitative estimate of drug-likeness (QED) is 0.890. The van der Waals surface area contributed by atoms with Crippen LogP contribution in [-0.4, -0.2) is 23.5 Å². The molecule has 1 aromatic heterocycles. The summed E-state index contributed by atoms with van der Waals surface area (Å²) >= 11 is 0. The lowest BCUT2D eigenvalue weighted by Gasteiger charge is -2.09. The Morgan fingerprint density at radius 1 is 1.45 bits per heavy atom. The Balaban J connectivity index is 0.00000121. The van der Waals surface area contributed by atoms with E-state index in [4.69, 9.17) is 4.42 Å². The van der Waals surface area contributed by atoms with Crippen LogP contribution in [-0.2, 0) is 4.79 Å². The number of aryl methyl sites for hydroxylation is 1. The molecule has 1 aliphatic rings. The molecule has 7 heteroatoms. The fourth-order valence-corrected chi connectivity index (χ4v) is 2.65. The van der Waals surface area contributed by atoms with E-state index in [1.54, 1.807) is 0 Å². The number of amides is 1. The molecule has 1 aliphatic heterocycles. The van der Waals surface area contributed by atoms with Gasteiger partial charge < -0.3 is 15.1 Å². The van der Waals surface area contributed by atoms with Crippen molar-refractivity contribution in [1.29, 1.82) is 0 Å². The number of rotatable bonds is 4. The van der Waals surface area contributed by atoms with E-state index in [1.165, 1.54) is 12.8 Å². The Hall–Kier alpha value is -1.30. The molecule has 0 radical (unpaired) electrons. The van der Waals surface area contributed by atoms with Gasteiger partial charge in [-0.3, -0.25) is 4.79 Å². The van der Waals surface area contributed by atoms with Gasteiger partial charge in [-0.25, -0.2) is 4.98 Å². The third-order valence-electron chi connectivity index (χ3n) is 3.66. The lowest BCUT2D eigenvalue weighted by molar-refractivity contribution is -0.116. The number of halogens is 2. The second-order valence-electron chi connectivity index (χ2n) is 5.30. The van der Waals surface area contributed by atoms with Gasteiger partial charge in [0.15, 0.2) is 11.5 Å². The number of nitrogens with zero attached hydrogens (tertiary/aromatic N) is 1. The van der Waals surface area contributed by atoms with Gasteiger partial charge in [0, 0.05) is 25.1 Å². The summed E-state index contributed by atoms with van der Waals surface area (Å²) < 4.78 is 5.41. The summed E-state index contributed by atoms with van der Waals surface area (Å²) in [6, 6.07) is 6.03. The van der Waals surface area contributed by atoms with Crippen molar-refractivity contribution in [3.63, 3.8) is 0 Å². The maximum absolute atomic E-state index is 11.9. The molecule has 2 aromatic rings. The van der Waals surface area contributed by atoms with E-state index >= 15 is 0 Å². The van der Waals surface area contributed by atoms with E-state index < -0.39 is 0 Å². The maximum atomic E-state index is 11.9. The van der Waals surface area contributed by atoms with Gasteiger partial charge in [-0.15, -0.1) is 24.8 Å². The smallest absolute Gasteiger partial charge is 0.224 e. The summed E-state index contributed by atoms with van der Waals surface area (Å²) in [6.07, 6.45) is 3.84. The minimum atomic E-state index is 0. The highest BCUT2D eigenvalue weighted by molar-refractivity contribution is 5.92. The molecule has 0 spiro atoms. The molecular weight excluding hydrogens is 325 g/mol. The van der Waals surface area contributed by atoms with Crippen molar-refractivity contribution in [3.05, 3.63) is 24.1 Å². The lowest BCUT2D eigenvalue weighted by atomic mass is 10.1. The standard InChI is InChI=1S/C15H19N3O2.2ClH/c1-10-17-13-9-12(4-6-14(13)20-10)18-15(19)7-5-11-3-2-8-16-11;;/h4,6,9,11,16H,2-3,5,7-8H2,1H3,(H,18,19);2*1H. The molecule has 1 unspecified atom stereocenters. The third-order valence-corrected chi connectivity index (χ3v) is 3.66. The minimum Gasteiger partial charge on any atom is -0.441 e. The topological polar surface area (TPSA) is 67.2 Å². The normalized spacial score (nSPS) is 16.9. The van der Waals surface area contributed by atoms with Crippen LogP contribution in [0.5, 0.6) is 0 Å². The number of fused-ring (bicyclic) bond motifs is 1. The molecular formula is C15H21Cl2N3O2. The van der Waals surface area contributed by atoms with Gasteiger partial charge in [-0.2, -0.15) is 0 Å². The first-order chi connectivity index (χ1) is 9.70.